The number of nitrogens with one attached hydrogen (secondary N) is 1. The van der Waals surface area contributed by atoms with Gasteiger partial charge in [-0.2, -0.15) is 0 Å². The van der Waals surface area contributed by atoms with Gasteiger partial charge in [0, 0.05) is 31.6 Å². The number of amides is 1. The molecular weight excluding hydrogens is 358 g/mol. The Morgan fingerprint density at radius 3 is 2.76 bits per heavy atom. The van der Waals surface area contributed by atoms with Gasteiger partial charge in [0.25, 0.3) is 0 Å². The molecule has 1 fully saturated rings. The monoisotopic (exact) mass is 379 g/mol. The molecular formula is C17H22ClN5OS. The Balaban J connectivity index is 1.51. The van der Waals surface area contributed by atoms with E-state index in [1.165, 1.54) is 11.3 Å². The number of piperidine rings is 1. The van der Waals surface area contributed by atoms with Crippen LogP contribution in [0, 0.1) is 11.8 Å². The van der Waals surface area contributed by atoms with E-state index in [1.54, 1.807) is 6.20 Å². The lowest BCUT2D eigenvalue weighted by Gasteiger charge is -2.31. The Labute approximate surface area is 156 Å². The zero-order valence-corrected chi connectivity index (χ0v) is 16.0. The van der Waals surface area contributed by atoms with Crippen molar-refractivity contribution in [2.45, 2.75) is 33.1 Å². The summed E-state index contributed by atoms with van der Waals surface area (Å²) >= 11 is 7.34. The van der Waals surface area contributed by atoms with Crippen molar-refractivity contribution in [2.75, 3.05) is 23.3 Å². The fourth-order valence-corrected chi connectivity index (χ4v) is 3.94. The Morgan fingerprint density at radius 2 is 2.12 bits per heavy atom. The lowest BCUT2D eigenvalue weighted by Crippen LogP contribution is -2.38. The molecule has 3 rings (SSSR count). The highest BCUT2D eigenvalue weighted by Gasteiger charge is 2.26. The molecule has 0 spiro atoms. The van der Waals surface area contributed by atoms with Crippen LogP contribution in [-0.2, 0) is 11.2 Å². The number of hydrogen-bond acceptors (Lipinski definition) is 6. The number of pyridine rings is 1. The summed E-state index contributed by atoms with van der Waals surface area (Å²) in [6.45, 7) is 5.90. The predicted molar refractivity (Wildman–Crippen MR) is 101 cm³/mol. The Morgan fingerprint density at radius 1 is 1.36 bits per heavy atom. The van der Waals surface area contributed by atoms with E-state index in [1.807, 2.05) is 12.1 Å². The summed E-state index contributed by atoms with van der Waals surface area (Å²) in [6.07, 6.45) is 4.14. The van der Waals surface area contributed by atoms with Crippen LogP contribution in [0.4, 0.5) is 10.9 Å². The van der Waals surface area contributed by atoms with Gasteiger partial charge in [-0.05, 0) is 30.9 Å². The number of anilines is 2. The van der Waals surface area contributed by atoms with Crippen LogP contribution in [0.3, 0.4) is 0 Å². The first-order valence-electron chi connectivity index (χ1n) is 8.51. The third-order valence-corrected chi connectivity index (χ3v) is 5.27. The van der Waals surface area contributed by atoms with Crippen molar-refractivity contribution in [1.29, 1.82) is 0 Å². The molecule has 0 aromatic carbocycles. The van der Waals surface area contributed by atoms with Crippen LogP contribution in [0.15, 0.2) is 18.3 Å². The first-order chi connectivity index (χ1) is 12.0. The number of halogens is 1. The van der Waals surface area contributed by atoms with E-state index in [0.29, 0.717) is 16.1 Å². The highest BCUT2D eigenvalue weighted by atomic mass is 35.5. The molecule has 1 saturated heterocycles. The molecule has 1 amide bonds. The summed E-state index contributed by atoms with van der Waals surface area (Å²) in [7, 11) is 0. The topological polar surface area (TPSA) is 71.0 Å². The number of aromatic nitrogens is 3. The number of nitrogens with zero attached hydrogens (tertiary/aromatic N) is 4. The summed E-state index contributed by atoms with van der Waals surface area (Å²) in [5.74, 6) is 1.48. The van der Waals surface area contributed by atoms with Gasteiger partial charge in [0.05, 0.1) is 5.02 Å². The van der Waals surface area contributed by atoms with E-state index in [-0.39, 0.29) is 11.8 Å². The van der Waals surface area contributed by atoms with Gasteiger partial charge in [-0.3, -0.25) is 4.79 Å². The lowest BCUT2D eigenvalue weighted by atomic mass is 9.96. The summed E-state index contributed by atoms with van der Waals surface area (Å²) < 4.78 is 0. The molecule has 2 aromatic heterocycles. The molecule has 0 radical (unpaired) electrons. The molecule has 0 saturated carbocycles. The molecule has 134 valence electrons. The Kier molecular flexibility index (Phi) is 5.86. The fraction of sp³-hybridized carbons (Fsp3) is 0.529. The molecule has 1 N–H and O–H groups in total. The number of carbonyl (C=O) groups is 1. The van der Waals surface area contributed by atoms with E-state index >= 15 is 0 Å². The van der Waals surface area contributed by atoms with Crippen molar-refractivity contribution in [3.8, 4) is 0 Å². The van der Waals surface area contributed by atoms with E-state index in [0.717, 1.165) is 43.2 Å². The summed E-state index contributed by atoms with van der Waals surface area (Å²) in [5.41, 5.74) is 0. The maximum Gasteiger partial charge on any atom is 0.229 e. The van der Waals surface area contributed by atoms with Crippen LogP contribution in [0.1, 0.15) is 31.7 Å². The molecule has 2 aromatic rings. The van der Waals surface area contributed by atoms with Crippen molar-refractivity contribution in [2.24, 2.45) is 11.8 Å². The molecule has 0 aliphatic carbocycles. The van der Waals surface area contributed by atoms with Gasteiger partial charge in [0.1, 0.15) is 10.8 Å². The maximum absolute atomic E-state index is 12.5. The highest BCUT2D eigenvalue weighted by Crippen LogP contribution is 2.25. The second kappa shape index (κ2) is 8.10. The number of rotatable bonds is 5. The molecule has 6 nitrogen and oxygen atoms in total. The predicted octanol–water partition coefficient (Wildman–Crippen LogP) is 3.64. The van der Waals surface area contributed by atoms with Crippen molar-refractivity contribution in [3.05, 3.63) is 28.4 Å². The van der Waals surface area contributed by atoms with Crippen molar-refractivity contribution in [3.63, 3.8) is 0 Å². The molecule has 3 heterocycles. The first kappa shape index (κ1) is 18.1. The smallest absolute Gasteiger partial charge is 0.229 e. The minimum absolute atomic E-state index is 0.000925. The third-order valence-electron chi connectivity index (χ3n) is 4.18. The van der Waals surface area contributed by atoms with Crippen molar-refractivity contribution < 1.29 is 4.79 Å². The standard InChI is InChI=1S/C17H22ClN5OS/c1-11(2)9-15-21-22-17(25-15)20-16(24)12-5-7-23(8-6-12)14-4-3-13(18)10-19-14/h3-4,10-12H,5-9H2,1-2H3,(H,20,22,24). The normalized spacial score (nSPS) is 15.6. The number of carbonyl (C=O) groups excluding carboxylic acids is 1. The average molecular weight is 380 g/mol. The average Bonchev–Trinajstić information content (AvgIpc) is 3.02. The van der Waals surface area contributed by atoms with Gasteiger partial charge in [-0.15, -0.1) is 10.2 Å². The van der Waals surface area contributed by atoms with E-state index in [4.69, 9.17) is 11.6 Å². The van der Waals surface area contributed by atoms with Crippen LogP contribution in [0.25, 0.3) is 0 Å². The van der Waals surface area contributed by atoms with Gasteiger partial charge in [-0.25, -0.2) is 4.98 Å². The van der Waals surface area contributed by atoms with Gasteiger partial charge in [-0.1, -0.05) is 36.8 Å². The van der Waals surface area contributed by atoms with Crippen molar-refractivity contribution in [1.82, 2.24) is 15.2 Å². The van der Waals surface area contributed by atoms with Crippen LogP contribution >= 0.6 is 22.9 Å². The lowest BCUT2D eigenvalue weighted by molar-refractivity contribution is -0.120. The van der Waals surface area contributed by atoms with E-state index in [9.17, 15) is 4.79 Å². The van der Waals surface area contributed by atoms with Gasteiger partial charge < -0.3 is 10.2 Å². The van der Waals surface area contributed by atoms with Crippen LogP contribution < -0.4 is 10.2 Å². The highest BCUT2D eigenvalue weighted by molar-refractivity contribution is 7.15. The van der Waals surface area contributed by atoms with Crippen LogP contribution in [0.5, 0.6) is 0 Å². The molecule has 1 aliphatic heterocycles. The molecule has 0 unspecified atom stereocenters. The molecule has 25 heavy (non-hydrogen) atoms. The molecule has 0 atom stereocenters. The second-order valence-electron chi connectivity index (χ2n) is 6.68. The number of hydrogen-bond donors (Lipinski definition) is 1. The SMILES string of the molecule is CC(C)Cc1nnc(NC(=O)C2CCN(c3ccc(Cl)cn3)CC2)s1. The van der Waals surface area contributed by atoms with E-state index < -0.39 is 0 Å². The minimum atomic E-state index is 0.000925. The molecule has 8 heteroatoms. The van der Waals surface area contributed by atoms with Gasteiger partial charge in [0.2, 0.25) is 11.0 Å². The minimum Gasteiger partial charge on any atom is -0.357 e. The zero-order chi connectivity index (χ0) is 17.8. The largest absolute Gasteiger partial charge is 0.357 e. The maximum atomic E-state index is 12.5. The van der Waals surface area contributed by atoms with Crippen LogP contribution in [0.2, 0.25) is 5.02 Å². The first-order valence-corrected chi connectivity index (χ1v) is 9.70. The van der Waals surface area contributed by atoms with Crippen molar-refractivity contribution >= 4 is 39.8 Å². The summed E-state index contributed by atoms with van der Waals surface area (Å²) in [6, 6.07) is 3.76. The zero-order valence-electron chi connectivity index (χ0n) is 14.4. The summed E-state index contributed by atoms with van der Waals surface area (Å²) in [4.78, 5) is 19.0. The van der Waals surface area contributed by atoms with E-state index in [2.05, 4.69) is 39.2 Å². The fourth-order valence-electron chi connectivity index (χ4n) is 2.87. The van der Waals surface area contributed by atoms with Crippen LogP contribution in [-0.4, -0.2) is 34.2 Å². The third kappa shape index (κ3) is 4.89. The van der Waals surface area contributed by atoms with Gasteiger partial charge >= 0.3 is 0 Å². The molecule has 0 bridgehead atoms. The Hall–Kier alpha value is -1.73. The quantitative estimate of drug-likeness (QED) is 0.858. The second-order valence-corrected chi connectivity index (χ2v) is 8.18. The summed E-state index contributed by atoms with van der Waals surface area (Å²) in [5, 5.41) is 13.3. The van der Waals surface area contributed by atoms with Gasteiger partial charge in [0.15, 0.2) is 0 Å². The Bertz CT molecular complexity index is 710. The molecule has 1 aliphatic rings.